The maximum absolute atomic E-state index is 10.7. The molecule has 0 bridgehead atoms. The third-order valence-electron chi connectivity index (χ3n) is 1.77. The first-order valence-corrected chi connectivity index (χ1v) is 6.79. The molecule has 0 aliphatic rings. The van der Waals surface area contributed by atoms with E-state index in [1.54, 1.807) is 6.92 Å². The summed E-state index contributed by atoms with van der Waals surface area (Å²) in [7, 11) is 0.120. The van der Waals surface area contributed by atoms with Gasteiger partial charge < -0.3 is 5.32 Å². The predicted octanol–water partition coefficient (Wildman–Crippen LogP) is 0.480. The Balaban J connectivity index is 0. The lowest BCUT2D eigenvalue weighted by Crippen LogP contribution is -2.41. The van der Waals surface area contributed by atoms with E-state index in [0.29, 0.717) is 6.42 Å². The van der Waals surface area contributed by atoms with Gasteiger partial charge in [-0.05, 0) is 33.5 Å². The van der Waals surface area contributed by atoms with Crippen LogP contribution in [0.2, 0.25) is 0 Å². The Labute approximate surface area is 103 Å². The van der Waals surface area contributed by atoms with Gasteiger partial charge in [0.25, 0.3) is 10.1 Å². The highest BCUT2D eigenvalue weighted by molar-refractivity contribution is 7.85. The molecule has 0 rings (SSSR count). The largest absolute Gasteiger partial charge is 0.337 e. The number of carbonyl (C=O) groups is 1. The highest BCUT2D eigenvalue weighted by Gasteiger charge is 2.04. The van der Waals surface area contributed by atoms with E-state index in [1.807, 2.05) is 25.9 Å². The van der Waals surface area contributed by atoms with Crippen molar-refractivity contribution in [2.24, 2.45) is 0 Å². The first-order valence-electron chi connectivity index (χ1n) is 5.18. The zero-order chi connectivity index (χ0) is 14.1. The minimum atomic E-state index is -3.67. The minimum absolute atomic E-state index is 0.0606. The molecular weight excluding hydrogens is 244 g/mol. The number of amides is 1. The number of rotatable bonds is 5. The van der Waals surface area contributed by atoms with Crippen LogP contribution in [0.1, 0.15) is 20.3 Å². The fraction of sp³-hybridized carbons (Fsp3) is 0.700. The van der Waals surface area contributed by atoms with Crippen molar-refractivity contribution in [3.8, 4) is 0 Å². The molecule has 102 valence electrons. The summed E-state index contributed by atoms with van der Waals surface area (Å²) in [5.74, 6) is -0.270. The van der Waals surface area contributed by atoms with Crippen LogP contribution in [0.4, 0.5) is 0 Å². The van der Waals surface area contributed by atoms with Crippen LogP contribution in [0.5, 0.6) is 0 Å². The Bertz CT molecular complexity index is 325. The second-order valence-electron chi connectivity index (χ2n) is 3.64. The summed E-state index contributed by atoms with van der Waals surface area (Å²) in [5.41, 5.74) is 0. The maximum Gasteiger partial charge on any atom is 0.264 e. The fourth-order valence-corrected chi connectivity index (χ4v) is 1.17. The first kappa shape index (κ1) is 18.4. The predicted molar refractivity (Wildman–Crippen MR) is 68.2 cm³/mol. The van der Waals surface area contributed by atoms with Gasteiger partial charge in [-0.1, -0.05) is 13.5 Å². The van der Waals surface area contributed by atoms with Gasteiger partial charge in [0.15, 0.2) is 0 Å². The van der Waals surface area contributed by atoms with Crippen LogP contribution < -0.4 is 5.32 Å². The summed E-state index contributed by atoms with van der Waals surface area (Å²) >= 11 is 0. The standard InChI is InChI=1S/C7H14N2O.C3H8O3S/c1-5-7(10)8-6(2)9(3)4;1-2-3-7(4,5)6/h5-6H,1H2,2-4H3,(H,8,10);2-3H2,1H3,(H,4,5,6). The third kappa shape index (κ3) is 15.1. The molecule has 0 spiro atoms. The number of hydrogen-bond acceptors (Lipinski definition) is 4. The summed E-state index contributed by atoms with van der Waals surface area (Å²) in [4.78, 5) is 12.6. The molecule has 0 saturated heterocycles. The van der Waals surface area contributed by atoms with Gasteiger partial charge in [-0.2, -0.15) is 8.42 Å². The van der Waals surface area contributed by atoms with Gasteiger partial charge in [-0.15, -0.1) is 0 Å². The van der Waals surface area contributed by atoms with E-state index in [-0.39, 0.29) is 17.8 Å². The lowest BCUT2D eigenvalue weighted by atomic mass is 10.4. The molecule has 0 heterocycles. The highest BCUT2D eigenvalue weighted by Crippen LogP contribution is 1.84. The van der Waals surface area contributed by atoms with Crippen molar-refractivity contribution in [2.45, 2.75) is 26.4 Å². The molecular formula is C10H22N2O4S. The van der Waals surface area contributed by atoms with Gasteiger partial charge in [0.1, 0.15) is 0 Å². The average Bonchev–Trinajstić information content (AvgIpc) is 2.16. The van der Waals surface area contributed by atoms with Crippen LogP contribution in [0.15, 0.2) is 12.7 Å². The second-order valence-corrected chi connectivity index (χ2v) is 5.21. The normalized spacial score (nSPS) is 12.4. The van der Waals surface area contributed by atoms with Crippen molar-refractivity contribution in [1.82, 2.24) is 10.2 Å². The Hall–Kier alpha value is -0.920. The lowest BCUT2D eigenvalue weighted by Gasteiger charge is -2.19. The molecule has 0 aromatic rings. The van der Waals surface area contributed by atoms with E-state index < -0.39 is 10.1 Å². The van der Waals surface area contributed by atoms with Gasteiger partial charge in [0, 0.05) is 0 Å². The Morgan fingerprint density at radius 3 is 2.18 bits per heavy atom. The van der Waals surface area contributed by atoms with Gasteiger partial charge in [-0.25, -0.2) is 0 Å². The van der Waals surface area contributed by atoms with Crippen molar-refractivity contribution < 1.29 is 17.8 Å². The number of carbonyl (C=O) groups excluding carboxylic acids is 1. The molecule has 1 amide bonds. The van der Waals surface area contributed by atoms with E-state index in [2.05, 4.69) is 11.9 Å². The molecule has 0 aliphatic heterocycles. The Morgan fingerprint density at radius 2 is 2.00 bits per heavy atom. The van der Waals surface area contributed by atoms with E-state index in [9.17, 15) is 13.2 Å². The quantitative estimate of drug-likeness (QED) is 0.429. The molecule has 0 aromatic heterocycles. The van der Waals surface area contributed by atoms with E-state index in [4.69, 9.17) is 4.55 Å². The molecule has 7 heteroatoms. The molecule has 0 saturated carbocycles. The highest BCUT2D eigenvalue weighted by atomic mass is 32.2. The number of nitrogens with one attached hydrogen (secondary N) is 1. The molecule has 1 atom stereocenters. The van der Waals surface area contributed by atoms with Crippen molar-refractivity contribution in [3.63, 3.8) is 0 Å². The van der Waals surface area contributed by atoms with Crippen LogP contribution >= 0.6 is 0 Å². The van der Waals surface area contributed by atoms with Crippen molar-refractivity contribution in [2.75, 3.05) is 19.8 Å². The fourth-order valence-electron chi connectivity index (χ4n) is 0.652. The number of hydrogen-bond donors (Lipinski definition) is 2. The molecule has 17 heavy (non-hydrogen) atoms. The first-order chi connectivity index (χ1) is 7.64. The van der Waals surface area contributed by atoms with E-state index in [1.165, 1.54) is 6.08 Å². The Morgan fingerprint density at radius 1 is 1.53 bits per heavy atom. The minimum Gasteiger partial charge on any atom is -0.337 e. The van der Waals surface area contributed by atoms with Crippen molar-refractivity contribution in [3.05, 3.63) is 12.7 Å². The lowest BCUT2D eigenvalue weighted by molar-refractivity contribution is -0.117. The van der Waals surface area contributed by atoms with Gasteiger partial charge in [-0.3, -0.25) is 14.2 Å². The van der Waals surface area contributed by atoms with Crippen molar-refractivity contribution >= 4 is 16.0 Å². The smallest absolute Gasteiger partial charge is 0.264 e. The molecule has 1 unspecified atom stereocenters. The Kier molecular flexibility index (Phi) is 9.92. The molecule has 0 aliphatic carbocycles. The van der Waals surface area contributed by atoms with Crippen molar-refractivity contribution in [1.29, 1.82) is 0 Å². The molecule has 6 nitrogen and oxygen atoms in total. The SMILES string of the molecule is C=CC(=O)NC(C)N(C)C.CCCS(=O)(=O)O. The summed E-state index contributed by atoms with van der Waals surface area (Å²) in [6, 6.07) is 0. The van der Waals surface area contributed by atoms with E-state index >= 15 is 0 Å². The summed E-state index contributed by atoms with van der Waals surface area (Å²) in [6.07, 6.45) is 1.80. The van der Waals surface area contributed by atoms with Gasteiger partial charge >= 0.3 is 0 Å². The molecule has 0 fully saturated rings. The van der Waals surface area contributed by atoms with Crippen LogP contribution in [0.25, 0.3) is 0 Å². The second kappa shape index (κ2) is 9.15. The van der Waals surface area contributed by atoms with Crippen LogP contribution in [-0.2, 0) is 14.9 Å². The third-order valence-corrected chi connectivity index (χ3v) is 2.70. The molecule has 0 aromatic carbocycles. The van der Waals surface area contributed by atoms with Crippen LogP contribution in [-0.4, -0.2) is 49.8 Å². The number of nitrogens with zero attached hydrogens (tertiary/aromatic N) is 1. The molecule has 2 N–H and O–H groups in total. The van der Waals surface area contributed by atoms with Gasteiger partial charge in [0.2, 0.25) is 5.91 Å². The topological polar surface area (TPSA) is 86.7 Å². The summed E-state index contributed by atoms with van der Waals surface area (Å²) in [5, 5.41) is 2.70. The molecule has 0 radical (unpaired) electrons. The van der Waals surface area contributed by atoms with E-state index in [0.717, 1.165) is 0 Å². The van der Waals surface area contributed by atoms with Crippen LogP contribution in [0, 0.1) is 0 Å². The van der Waals surface area contributed by atoms with Crippen LogP contribution in [0.3, 0.4) is 0 Å². The van der Waals surface area contributed by atoms with Gasteiger partial charge in [0.05, 0.1) is 11.9 Å². The summed E-state index contributed by atoms with van der Waals surface area (Å²) in [6.45, 7) is 6.93. The zero-order valence-corrected chi connectivity index (χ0v) is 11.6. The zero-order valence-electron chi connectivity index (χ0n) is 10.8. The summed E-state index contributed by atoms with van der Waals surface area (Å²) < 4.78 is 27.6. The monoisotopic (exact) mass is 266 g/mol. The maximum atomic E-state index is 10.7. The average molecular weight is 266 g/mol.